The predicted octanol–water partition coefficient (Wildman–Crippen LogP) is 0.558. The van der Waals surface area contributed by atoms with Gasteiger partial charge in [0.05, 0.1) is 13.2 Å². The Morgan fingerprint density at radius 1 is 1.28 bits per heavy atom. The third-order valence-electron chi connectivity index (χ3n) is 2.49. The topological polar surface area (TPSA) is 49.9 Å². The maximum atomic E-state index is 11.6. The Labute approximate surface area is 109 Å². The molecule has 0 rings (SSSR count). The van der Waals surface area contributed by atoms with Gasteiger partial charge in [0.25, 0.3) is 0 Å². The zero-order valence-electron chi connectivity index (χ0n) is 11.8. The van der Waals surface area contributed by atoms with Crippen LogP contribution in [-0.2, 0) is 14.3 Å². The number of carbonyl (C=O) groups is 2. The molecule has 0 unspecified atom stereocenters. The smallest absolute Gasteiger partial charge is 0.236 e. The SMILES string of the molecule is CCC(=O)/C=C/CN(CCOC)CC(=O)N(C)C. The molecule has 0 saturated heterocycles. The number of ketones is 1. The molecule has 104 valence electrons. The van der Waals surface area contributed by atoms with Crippen molar-refractivity contribution in [3.63, 3.8) is 0 Å². The third kappa shape index (κ3) is 7.97. The van der Waals surface area contributed by atoms with E-state index in [1.807, 2.05) is 11.8 Å². The summed E-state index contributed by atoms with van der Waals surface area (Å²) in [6.45, 7) is 3.97. The highest BCUT2D eigenvalue weighted by Crippen LogP contribution is 1.93. The molecule has 18 heavy (non-hydrogen) atoms. The molecular weight excluding hydrogens is 232 g/mol. The normalized spacial score (nSPS) is 11.2. The minimum Gasteiger partial charge on any atom is -0.383 e. The van der Waals surface area contributed by atoms with Crippen molar-refractivity contribution >= 4 is 11.7 Å². The first kappa shape index (κ1) is 16.8. The lowest BCUT2D eigenvalue weighted by atomic mass is 10.3. The summed E-state index contributed by atoms with van der Waals surface area (Å²) in [5.74, 6) is 0.141. The highest BCUT2D eigenvalue weighted by molar-refractivity contribution is 5.89. The van der Waals surface area contributed by atoms with E-state index >= 15 is 0 Å². The Morgan fingerprint density at radius 3 is 2.44 bits per heavy atom. The summed E-state index contributed by atoms with van der Waals surface area (Å²) in [5.41, 5.74) is 0. The Hall–Kier alpha value is -1.20. The van der Waals surface area contributed by atoms with Gasteiger partial charge in [-0.05, 0) is 6.08 Å². The Morgan fingerprint density at radius 2 is 1.94 bits per heavy atom. The first-order chi connectivity index (χ1) is 8.51. The van der Waals surface area contributed by atoms with E-state index in [4.69, 9.17) is 4.74 Å². The summed E-state index contributed by atoms with van der Waals surface area (Å²) in [6.07, 6.45) is 3.87. The monoisotopic (exact) mass is 256 g/mol. The second-order valence-corrected chi connectivity index (χ2v) is 4.24. The van der Waals surface area contributed by atoms with Gasteiger partial charge in [-0.15, -0.1) is 0 Å². The van der Waals surface area contributed by atoms with E-state index in [1.165, 1.54) is 0 Å². The summed E-state index contributed by atoms with van der Waals surface area (Å²) in [4.78, 5) is 26.3. The van der Waals surface area contributed by atoms with Crippen LogP contribution >= 0.6 is 0 Å². The average molecular weight is 256 g/mol. The standard InChI is InChI=1S/C13H24N2O3/c1-5-12(16)7-6-8-15(9-10-18-4)11-13(17)14(2)3/h6-7H,5,8-11H2,1-4H3/b7-6+. The van der Waals surface area contributed by atoms with E-state index in [1.54, 1.807) is 38.3 Å². The molecule has 0 spiro atoms. The number of methoxy groups -OCH3 is 1. The van der Waals surface area contributed by atoms with Gasteiger partial charge in [-0.25, -0.2) is 0 Å². The molecule has 0 heterocycles. The molecule has 0 aromatic rings. The van der Waals surface area contributed by atoms with Crippen LogP contribution in [-0.4, -0.2) is 68.9 Å². The number of amides is 1. The van der Waals surface area contributed by atoms with Crippen LogP contribution < -0.4 is 0 Å². The van der Waals surface area contributed by atoms with Gasteiger partial charge >= 0.3 is 0 Å². The number of hydrogen-bond donors (Lipinski definition) is 0. The quantitative estimate of drug-likeness (QED) is 0.566. The van der Waals surface area contributed by atoms with Gasteiger partial charge in [-0.2, -0.15) is 0 Å². The molecule has 0 aliphatic rings. The molecule has 0 atom stereocenters. The lowest BCUT2D eigenvalue weighted by Gasteiger charge is -2.21. The lowest BCUT2D eigenvalue weighted by molar-refractivity contribution is -0.129. The minimum atomic E-state index is 0.0429. The van der Waals surface area contributed by atoms with Crippen molar-refractivity contribution in [2.24, 2.45) is 0 Å². The number of allylic oxidation sites excluding steroid dienone is 1. The van der Waals surface area contributed by atoms with E-state index in [9.17, 15) is 9.59 Å². The molecule has 0 N–H and O–H groups in total. The van der Waals surface area contributed by atoms with Gasteiger partial charge in [0.15, 0.2) is 5.78 Å². The lowest BCUT2D eigenvalue weighted by Crippen LogP contribution is -2.38. The highest BCUT2D eigenvalue weighted by atomic mass is 16.5. The minimum absolute atomic E-state index is 0.0429. The van der Waals surface area contributed by atoms with Crippen molar-refractivity contribution in [1.82, 2.24) is 9.80 Å². The molecule has 0 aliphatic heterocycles. The van der Waals surface area contributed by atoms with Gasteiger partial charge in [-0.3, -0.25) is 14.5 Å². The second kappa shape index (κ2) is 9.79. The van der Waals surface area contributed by atoms with Crippen molar-refractivity contribution in [3.8, 4) is 0 Å². The molecule has 0 aromatic carbocycles. The van der Waals surface area contributed by atoms with Crippen LogP contribution in [0.15, 0.2) is 12.2 Å². The fourth-order valence-electron chi connectivity index (χ4n) is 1.24. The van der Waals surface area contributed by atoms with E-state index in [-0.39, 0.29) is 11.7 Å². The van der Waals surface area contributed by atoms with E-state index in [2.05, 4.69) is 0 Å². The van der Waals surface area contributed by atoms with Crippen LogP contribution in [0.1, 0.15) is 13.3 Å². The van der Waals surface area contributed by atoms with Gasteiger partial charge in [0.2, 0.25) is 5.91 Å². The zero-order valence-corrected chi connectivity index (χ0v) is 11.8. The molecule has 0 radical (unpaired) electrons. The molecule has 5 heteroatoms. The molecule has 1 amide bonds. The number of likely N-dealkylation sites (N-methyl/N-ethyl adjacent to an activating group) is 1. The van der Waals surface area contributed by atoms with Crippen molar-refractivity contribution in [1.29, 1.82) is 0 Å². The van der Waals surface area contributed by atoms with Crippen LogP contribution in [0, 0.1) is 0 Å². The van der Waals surface area contributed by atoms with Crippen LogP contribution in [0.25, 0.3) is 0 Å². The van der Waals surface area contributed by atoms with Crippen LogP contribution in [0.3, 0.4) is 0 Å². The molecule has 0 bridgehead atoms. The van der Waals surface area contributed by atoms with E-state index < -0.39 is 0 Å². The summed E-state index contributed by atoms with van der Waals surface area (Å²) in [7, 11) is 5.09. The van der Waals surface area contributed by atoms with Crippen molar-refractivity contribution in [2.45, 2.75) is 13.3 Å². The Balaban J connectivity index is 4.26. The van der Waals surface area contributed by atoms with Gasteiger partial charge in [0, 0.05) is 40.7 Å². The Kier molecular flexibility index (Phi) is 9.14. The van der Waals surface area contributed by atoms with Gasteiger partial charge in [-0.1, -0.05) is 13.0 Å². The highest BCUT2D eigenvalue weighted by Gasteiger charge is 2.10. The summed E-state index contributed by atoms with van der Waals surface area (Å²) in [5, 5.41) is 0. The second-order valence-electron chi connectivity index (χ2n) is 4.24. The summed E-state index contributed by atoms with van der Waals surface area (Å²) < 4.78 is 5.01. The predicted molar refractivity (Wildman–Crippen MR) is 71.4 cm³/mol. The number of nitrogens with zero attached hydrogens (tertiary/aromatic N) is 2. The summed E-state index contributed by atoms with van der Waals surface area (Å²) >= 11 is 0. The first-order valence-electron chi connectivity index (χ1n) is 6.12. The third-order valence-corrected chi connectivity index (χ3v) is 2.49. The maximum Gasteiger partial charge on any atom is 0.236 e. The van der Waals surface area contributed by atoms with Gasteiger partial charge < -0.3 is 9.64 Å². The molecule has 0 fully saturated rings. The fourth-order valence-corrected chi connectivity index (χ4v) is 1.24. The number of rotatable bonds is 9. The Bertz CT molecular complexity index is 288. The first-order valence-corrected chi connectivity index (χ1v) is 6.12. The van der Waals surface area contributed by atoms with Gasteiger partial charge in [0.1, 0.15) is 0 Å². The number of ether oxygens (including phenoxy) is 1. The van der Waals surface area contributed by atoms with E-state index in [0.717, 1.165) is 0 Å². The maximum absolute atomic E-state index is 11.6. The molecular formula is C13H24N2O3. The van der Waals surface area contributed by atoms with Crippen molar-refractivity contribution < 1.29 is 14.3 Å². The molecule has 5 nitrogen and oxygen atoms in total. The average Bonchev–Trinajstić information content (AvgIpc) is 2.34. The largest absolute Gasteiger partial charge is 0.383 e. The molecule has 0 aromatic heterocycles. The zero-order chi connectivity index (χ0) is 14.0. The van der Waals surface area contributed by atoms with Crippen LogP contribution in [0.4, 0.5) is 0 Å². The van der Waals surface area contributed by atoms with Crippen LogP contribution in [0.2, 0.25) is 0 Å². The van der Waals surface area contributed by atoms with E-state index in [0.29, 0.717) is 32.7 Å². The van der Waals surface area contributed by atoms with Crippen LogP contribution in [0.5, 0.6) is 0 Å². The van der Waals surface area contributed by atoms with Crippen molar-refractivity contribution in [3.05, 3.63) is 12.2 Å². The molecule has 0 aliphatic carbocycles. The summed E-state index contributed by atoms with van der Waals surface area (Å²) in [6, 6.07) is 0. The number of carbonyl (C=O) groups excluding carboxylic acids is 2. The van der Waals surface area contributed by atoms with Crippen molar-refractivity contribution in [2.75, 3.05) is 47.4 Å². The fraction of sp³-hybridized carbons (Fsp3) is 0.692. The number of hydrogen-bond acceptors (Lipinski definition) is 4. The molecule has 0 saturated carbocycles.